The molecule has 5 aliphatic rings. The third kappa shape index (κ3) is 3.87. The Balaban J connectivity index is 1.08. The number of pyridine rings is 1. The van der Waals surface area contributed by atoms with Crippen LogP contribution < -0.4 is 10.6 Å². The topological polar surface area (TPSA) is 114 Å². The Morgan fingerprint density at radius 1 is 1.20 bits per heavy atom. The van der Waals surface area contributed by atoms with Crippen molar-refractivity contribution in [3.8, 4) is 0 Å². The van der Waals surface area contributed by atoms with Gasteiger partial charge in [-0.05, 0) is 42.2 Å². The number of hydrogen-bond donors (Lipinski definition) is 2. The fraction of sp³-hybridized carbons (Fsp3) is 0.433. The summed E-state index contributed by atoms with van der Waals surface area (Å²) in [4.78, 5) is 41.6. The molecule has 6 heterocycles. The second-order valence-electron chi connectivity index (χ2n) is 12.1. The van der Waals surface area contributed by atoms with Gasteiger partial charge >= 0.3 is 12.1 Å². The van der Waals surface area contributed by atoms with Gasteiger partial charge in [0.2, 0.25) is 0 Å². The lowest BCUT2D eigenvalue weighted by Crippen LogP contribution is -2.52. The number of ether oxygens (including phenoxy) is 1. The first-order valence-corrected chi connectivity index (χ1v) is 14.6. The van der Waals surface area contributed by atoms with Crippen LogP contribution in [0.15, 0.2) is 35.6 Å². The summed E-state index contributed by atoms with van der Waals surface area (Å²) in [7, 11) is 0. The summed E-state index contributed by atoms with van der Waals surface area (Å²) in [5, 5.41) is 6.72. The van der Waals surface area contributed by atoms with E-state index in [4.69, 9.17) is 21.3 Å². The summed E-state index contributed by atoms with van der Waals surface area (Å²) in [6.07, 6.45) is 8.95. The lowest BCUT2D eigenvalue weighted by Gasteiger charge is -2.43. The number of halogens is 1. The molecule has 0 radical (unpaired) electrons. The van der Waals surface area contributed by atoms with Crippen LogP contribution in [0, 0.1) is 0 Å². The zero-order valence-electron chi connectivity index (χ0n) is 22.7. The van der Waals surface area contributed by atoms with E-state index in [-0.39, 0.29) is 17.5 Å². The van der Waals surface area contributed by atoms with E-state index in [1.54, 1.807) is 6.20 Å². The lowest BCUT2D eigenvalue weighted by molar-refractivity contribution is -0.0308. The maximum atomic E-state index is 13.7. The average molecular weight is 572 g/mol. The number of hydrogen-bond acceptors (Lipinski definition) is 6. The molecule has 210 valence electrons. The molecule has 0 unspecified atom stereocenters. The number of amides is 3. The van der Waals surface area contributed by atoms with Crippen LogP contribution in [0.1, 0.15) is 78.0 Å². The van der Waals surface area contributed by atoms with Gasteiger partial charge in [-0.25, -0.2) is 19.6 Å². The van der Waals surface area contributed by atoms with Gasteiger partial charge in [-0.15, -0.1) is 0 Å². The fourth-order valence-electron chi connectivity index (χ4n) is 6.98. The number of piperidine rings is 1. The summed E-state index contributed by atoms with van der Waals surface area (Å²) in [6.45, 7) is 4.47. The molecular formula is C30H30ClN7O3. The van der Waals surface area contributed by atoms with Crippen molar-refractivity contribution in [2.24, 2.45) is 4.99 Å². The normalized spacial score (nSPS) is 22.5. The number of urea groups is 1. The van der Waals surface area contributed by atoms with Crippen LogP contribution in [0.5, 0.6) is 0 Å². The molecule has 3 aromatic rings. The Labute approximate surface area is 242 Å². The van der Waals surface area contributed by atoms with Crippen molar-refractivity contribution in [1.29, 1.82) is 0 Å². The van der Waals surface area contributed by atoms with Crippen LogP contribution in [0.2, 0.25) is 5.02 Å². The molecule has 0 bridgehead atoms. The number of aliphatic imine (C=N–C) groups is 1. The first kappa shape index (κ1) is 24.8. The Morgan fingerprint density at radius 2 is 2.02 bits per heavy atom. The molecule has 1 saturated heterocycles. The predicted molar refractivity (Wildman–Crippen MR) is 152 cm³/mol. The molecule has 4 aliphatic heterocycles. The molecule has 1 aliphatic carbocycles. The molecule has 11 heteroatoms. The van der Waals surface area contributed by atoms with Crippen molar-refractivity contribution < 1.29 is 14.3 Å². The maximum Gasteiger partial charge on any atom is 0.413 e. The molecular weight excluding hydrogens is 542 g/mol. The molecule has 1 saturated carbocycles. The Bertz CT molecular complexity index is 1650. The molecule has 1 atom stereocenters. The number of benzene rings is 1. The van der Waals surface area contributed by atoms with Gasteiger partial charge in [0.05, 0.1) is 19.1 Å². The molecule has 2 fully saturated rings. The SMILES string of the molecule is CC1(c2cnc3n2Cc2c(cc(Cl)c4c2C=NC4)C[C@H]3NC(=O)N2CCC3(CC2)OC(=O)Nc2ncccc23)CC1. The quantitative estimate of drug-likeness (QED) is 0.458. The third-order valence-corrected chi connectivity index (χ3v) is 9.95. The molecule has 2 N–H and O–H groups in total. The second kappa shape index (κ2) is 8.79. The van der Waals surface area contributed by atoms with Gasteiger partial charge in [0.15, 0.2) is 0 Å². The van der Waals surface area contributed by atoms with Crippen molar-refractivity contribution in [3.63, 3.8) is 0 Å². The summed E-state index contributed by atoms with van der Waals surface area (Å²) >= 11 is 6.71. The highest BCUT2D eigenvalue weighted by atomic mass is 35.5. The van der Waals surface area contributed by atoms with Gasteiger partial charge in [0, 0.05) is 83.8 Å². The minimum Gasteiger partial charge on any atom is -0.437 e. The van der Waals surface area contributed by atoms with Gasteiger partial charge < -0.3 is 19.5 Å². The number of nitrogens with zero attached hydrogens (tertiary/aromatic N) is 5. The molecule has 10 nitrogen and oxygen atoms in total. The minimum absolute atomic E-state index is 0.118. The first-order valence-electron chi connectivity index (χ1n) is 14.2. The number of nitrogens with one attached hydrogen (secondary N) is 2. The van der Waals surface area contributed by atoms with Crippen LogP contribution in [-0.4, -0.2) is 50.9 Å². The van der Waals surface area contributed by atoms with E-state index in [1.165, 1.54) is 11.3 Å². The van der Waals surface area contributed by atoms with Crippen molar-refractivity contribution in [1.82, 2.24) is 24.8 Å². The van der Waals surface area contributed by atoms with E-state index in [0.717, 1.165) is 45.9 Å². The van der Waals surface area contributed by atoms with E-state index in [1.807, 2.05) is 29.4 Å². The van der Waals surface area contributed by atoms with Crippen molar-refractivity contribution in [2.75, 3.05) is 18.4 Å². The molecule has 2 aromatic heterocycles. The average Bonchev–Trinajstić information content (AvgIpc) is 3.35. The number of anilines is 1. The van der Waals surface area contributed by atoms with Crippen LogP contribution in [0.3, 0.4) is 0 Å². The number of imidazole rings is 1. The van der Waals surface area contributed by atoms with Crippen molar-refractivity contribution >= 4 is 35.8 Å². The van der Waals surface area contributed by atoms with Crippen molar-refractivity contribution in [3.05, 3.63) is 75.0 Å². The Hall–Kier alpha value is -3.92. The summed E-state index contributed by atoms with van der Waals surface area (Å²) in [5.41, 5.74) is 5.93. The van der Waals surface area contributed by atoms with E-state index in [2.05, 4.69) is 38.2 Å². The van der Waals surface area contributed by atoms with Crippen LogP contribution >= 0.6 is 11.6 Å². The second-order valence-corrected chi connectivity index (χ2v) is 12.5. The van der Waals surface area contributed by atoms with E-state index in [0.29, 0.717) is 51.3 Å². The number of carbonyl (C=O) groups is 2. The number of rotatable bonds is 2. The maximum absolute atomic E-state index is 13.7. The number of carbonyl (C=O) groups excluding carboxylic acids is 2. The minimum atomic E-state index is -0.784. The van der Waals surface area contributed by atoms with Crippen molar-refractivity contribution in [2.45, 2.75) is 69.2 Å². The summed E-state index contributed by atoms with van der Waals surface area (Å²) in [5.74, 6) is 1.40. The number of aromatic nitrogens is 3. The molecule has 1 aromatic carbocycles. The third-order valence-electron chi connectivity index (χ3n) is 9.62. The number of likely N-dealkylation sites (tertiary alicyclic amines) is 1. The monoisotopic (exact) mass is 571 g/mol. The summed E-state index contributed by atoms with van der Waals surface area (Å²) < 4.78 is 8.14. The van der Waals surface area contributed by atoms with Gasteiger partial charge in [-0.1, -0.05) is 18.5 Å². The zero-order valence-corrected chi connectivity index (χ0v) is 23.5. The smallest absolute Gasteiger partial charge is 0.413 e. The molecule has 3 amide bonds. The van der Waals surface area contributed by atoms with Gasteiger partial charge in [0.25, 0.3) is 0 Å². The van der Waals surface area contributed by atoms with Crippen LogP contribution in [0.4, 0.5) is 15.4 Å². The first-order chi connectivity index (χ1) is 19.8. The predicted octanol–water partition coefficient (Wildman–Crippen LogP) is 4.82. The van der Waals surface area contributed by atoms with E-state index >= 15 is 0 Å². The van der Waals surface area contributed by atoms with Gasteiger partial charge in [-0.3, -0.25) is 10.3 Å². The standard InChI is InChI=1S/C30H30ClN7O3/c1-29(4-5-29)24-15-34-26-23(12-17-11-22(31)19-14-32-13-18(19)20(17)16-38(24)26)35-27(39)37-9-6-30(7-10-37)21-3-2-8-33-25(21)36-28(40)41-30/h2-3,8,11,13,15,23H,4-7,9-10,12,14,16H2,1H3,(H,35,39)(H,33,36,40)/t23-/m1/s1. The molecule has 8 rings (SSSR count). The molecule has 41 heavy (non-hydrogen) atoms. The van der Waals surface area contributed by atoms with Crippen LogP contribution in [-0.2, 0) is 35.3 Å². The number of fused-ring (bicyclic) bond motifs is 6. The highest BCUT2D eigenvalue weighted by molar-refractivity contribution is 6.32. The lowest BCUT2D eigenvalue weighted by atomic mass is 9.83. The highest BCUT2D eigenvalue weighted by Gasteiger charge is 2.47. The van der Waals surface area contributed by atoms with Gasteiger partial charge in [0.1, 0.15) is 17.2 Å². The fourth-order valence-corrected chi connectivity index (χ4v) is 7.27. The van der Waals surface area contributed by atoms with Gasteiger partial charge in [-0.2, -0.15) is 0 Å². The Kier molecular flexibility index (Phi) is 5.32. The zero-order chi connectivity index (χ0) is 27.9. The summed E-state index contributed by atoms with van der Waals surface area (Å²) in [6, 6.07) is 5.37. The van der Waals surface area contributed by atoms with Crippen LogP contribution in [0.25, 0.3) is 0 Å². The molecule has 1 spiro atoms. The van der Waals surface area contributed by atoms with E-state index < -0.39 is 11.7 Å². The highest BCUT2D eigenvalue weighted by Crippen LogP contribution is 2.49. The van der Waals surface area contributed by atoms with E-state index in [9.17, 15) is 9.59 Å². The largest absolute Gasteiger partial charge is 0.437 e. The Morgan fingerprint density at radius 3 is 2.83 bits per heavy atom.